The molecule has 124 valence electrons. The zero-order chi connectivity index (χ0) is 15.9. The van der Waals surface area contributed by atoms with Gasteiger partial charge in [-0.25, -0.2) is 0 Å². The summed E-state index contributed by atoms with van der Waals surface area (Å²) in [6.07, 6.45) is 4.38. The number of ether oxygens (including phenoxy) is 1. The molecule has 3 N–H and O–H groups in total. The van der Waals surface area contributed by atoms with E-state index in [0.717, 1.165) is 45.1 Å². The number of nitrogens with zero attached hydrogens (tertiary/aromatic N) is 1. The zero-order valence-electron chi connectivity index (χ0n) is 14.2. The van der Waals surface area contributed by atoms with Crippen LogP contribution in [0, 0.1) is 5.92 Å². The highest BCUT2D eigenvalue weighted by Gasteiger charge is 2.30. The summed E-state index contributed by atoms with van der Waals surface area (Å²) in [5, 5.41) is 3.28. The first-order valence-electron chi connectivity index (χ1n) is 8.17. The van der Waals surface area contributed by atoms with Crippen molar-refractivity contribution in [2.24, 2.45) is 11.7 Å². The monoisotopic (exact) mass is 299 g/mol. The van der Waals surface area contributed by atoms with Crippen LogP contribution in [0.4, 0.5) is 0 Å². The number of hydrogen-bond donors (Lipinski definition) is 2. The lowest BCUT2D eigenvalue weighted by Gasteiger charge is -2.30. The van der Waals surface area contributed by atoms with Crippen LogP contribution >= 0.6 is 0 Å². The molecule has 0 aromatic heterocycles. The molecule has 1 rings (SSSR count). The van der Waals surface area contributed by atoms with Gasteiger partial charge in [-0.3, -0.25) is 4.79 Å². The molecule has 0 spiro atoms. The average Bonchev–Trinajstić information content (AvgIpc) is 3.17. The minimum absolute atomic E-state index is 0.246. The van der Waals surface area contributed by atoms with Crippen LogP contribution in [-0.4, -0.2) is 55.7 Å². The van der Waals surface area contributed by atoms with Crippen molar-refractivity contribution in [3.05, 3.63) is 0 Å². The van der Waals surface area contributed by atoms with E-state index in [2.05, 4.69) is 17.3 Å². The molecule has 1 saturated carbocycles. The molecule has 21 heavy (non-hydrogen) atoms. The number of primary amides is 1. The Bertz CT molecular complexity index is 319. The predicted octanol–water partition coefficient (Wildman–Crippen LogP) is 1.37. The summed E-state index contributed by atoms with van der Waals surface area (Å²) in [7, 11) is 2.10. The van der Waals surface area contributed by atoms with Crippen molar-refractivity contribution in [3.8, 4) is 0 Å². The third-order valence-corrected chi connectivity index (χ3v) is 4.04. The van der Waals surface area contributed by atoms with Crippen molar-refractivity contribution in [1.29, 1.82) is 0 Å². The highest BCUT2D eigenvalue weighted by atomic mass is 16.5. The molecule has 0 aromatic carbocycles. The molecule has 1 aliphatic rings. The van der Waals surface area contributed by atoms with Gasteiger partial charge in [0, 0.05) is 19.2 Å². The Morgan fingerprint density at radius 3 is 2.62 bits per heavy atom. The van der Waals surface area contributed by atoms with Gasteiger partial charge in [0.15, 0.2) is 0 Å². The fourth-order valence-electron chi connectivity index (χ4n) is 2.47. The highest BCUT2D eigenvalue weighted by molar-refractivity contribution is 5.84. The Hall–Kier alpha value is -0.650. The van der Waals surface area contributed by atoms with E-state index in [1.807, 2.05) is 20.8 Å². The Morgan fingerprint density at radius 1 is 1.43 bits per heavy atom. The number of nitrogens with two attached hydrogens (primary N) is 1. The van der Waals surface area contributed by atoms with Crippen LogP contribution < -0.4 is 11.1 Å². The Balaban J connectivity index is 2.14. The van der Waals surface area contributed by atoms with Crippen LogP contribution in [0.15, 0.2) is 0 Å². The molecule has 5 nitrogen and oxygen atoms in total. The maximum absolute atomic E-state index is 11.6. The summed E-state index contributed by atoms with van der Waals surface area (Å²) < 4.78 is 5.64. The predicted molar refractivity (Wildman–Crippen MR) is 86.1 cm³/mol. The number of rotatable bonds is 12. The molecule has 1 fully saturated rings. The average molecular weight is 299 g/mol. The Kier molecular flexibility index (Phi) is 7.63. The fraction of sp³-hybridized carbons (Fsp3) is 0.938. The fourth-order valence-corrected chi connectivity index (χ4v) is 2.47. The van der Waals surface area contributed by atoms with E-state index in [4.69, 9.17) is 10.5 Å². The van der Waals surface area contributed by atoms with Gasteiger partial charge in [0.25, 0.3) is 0 Å². The van der Waals surface area contributed by atoms with Gasteiger partial charge in [-0.1, -0.05) is 0 Å². The molecule has 0 saturated heterocycles. The second-order valence-electron chi connectivity index (χ2n) is 6.92. The van der Waals surface area contributed by atoms with Crippen LogP contribution in [0.25, 0.3) is 0 Å². The molecular formula is C16H33N3O2. The van der Waals surface area contributed by atoms with Gasteiger partial charge < -0.3 is 20.7 Å². The molecule has 0 aromatic rings. The van der Waals surface area contributed by atoms with Gasteiger partial charge in [-0.15, -0.1) is 0 Å². The van der Waals surface area contributed by atoms with Gasteiger partial charge in [0.05, 0.1) is 12.1 Å². The van der Waals surface area contributed by atoms with Gasteiger partial charge in [0.2, 0.25) is 5.91 Å². The van der Waals surface area contributed by atoms with Crippen molar-refractivity contribution in [2.45, 2.75) is 58.0 Å². The number of carbonyl (C=O) groups excluding carboxylic acids is 1. The lowest BCUT2D eigenvalue weighted by molar-refractivity contribution is -0.124. The van der Waals surface area contributed by atoms with E-state index >= 15 is 0 Å². The minimum Gasteiger partial charge on any atom is -0.380 e. The molecule has 1 unspecified atom stereocenters. The molecule has 5 heteroatoms. The van der Waals surface area contributed by atoms with Crippen molar-refractivity contribution >= 4 is 5.91 Å². The van der Waals surface area contributed by atoms with Gasteiger partial charge in [-0.2, -0.15) is 0 Å². The van der Waals surface area contributed by atoms with Crippen molar-refractivity contribution < 1.29 is 9.53 Å². The molecule has 0 aliphatic heterocycles. The van der Waals surface area contributed by atoms with Crippen LogP contribution in [0.3, 0.4) is 0 Å². The first-order valence-corrected chi connectivity index (χ1v) is 8.17. The molecule has 0 bridgehead atoms. The number of likely N-dealkylation sites (N-methyl/N-ethyl adjacent to an activating group) is 1. The number of hydrogen-bond acceptors (Lipinski definition) is 4. The second-order valence-corrected chi connectivity index (χ2v) is 6.92. The van der Waals surface area contributed by atoms with E-state index in [1.54, 1.807) is 0 Å². The van der Waals surface area contributed by atoms with E-state index in [1.165, 1.54) is 12.8 Å². The van der Waals surface area contributed by atoms with Gasteiger partial charge in [0.1, 0.15) is 0 Å². The van der Waals surface area contributed by atoms with Crippen molar-refractivity contribution in [2.75, 3.05) is 33.4 Å². The third-order valence-electron chi connectivity index (χ3n) is 4.04. The van der Waals surface area contributed by atoms with Crippen LogP contribution in [-0.2, 0) is 9.53 Å². The highest BCUT2D eigenvalue weighted by Crippen LogP contribution is 2.28. The molecule has 0 heterocycles. The zero-order valence-corrected chi connectivity index (χ0v) is 14.2. The third kappa shape index (κ3) is 7.79. The first-order chi connectivity index (χ1) is 9.83. The summed E-state index contributed by atoms with van der Waals surface area (Å²) in [6, 6.07) is 0.246. The van der Waals surface area contributed by atoms with Gasteiger partial charge in [-0.05, 0) is 66.0 Å². The summed E-state index contributed by atoms with van der Waals surface area (Å²) in [5.41, 5.74) is 4.92. The molecule has 0 radical (unpaired) electrons. The van der Waals surface area contributed by atoms with E-state index in [0.29, 0.717) is 0 Å². The Morgan fingerprint density at radius 2 is 2.10 bits per heavy atom. The topological polar surface area (TPSA) is 67.6 Å². The maximum Gasteiger partial charge on any atom is 0.237 e. The summed E-state index contributed by atoms with van der Waals surface area (Å²) in [6.45, 7) is 9.58. The lowest BCUT2D eigenvalue weighted by atomic mass is 9.94. The van der Waals surface area contributed by atoms with Gasteiger partial charge >= 0.3 is 0 Å². The van der Waals surface area contributed by atoms with E-state index in [9.17, 15) is 4.79 Å². The van der Waals surface area contributed by atoms with Crippen molar-refractivity contribution in [1.82, 2.24) is 10.2 Å². The molecule has 1 aliphatic carbocycles. The van der Waals surface area contributed by atoms with E-state index in [-0.39, 0.29) is 11.9 Å². The summed E-state index contributed by atoms with van der Waals surface area (Å²) >= 11 is 0. The summed E-state index contributed by atoms with van der Waals surface area (Å²) in [5.74, 6) is 0.556. The van der Waals surface area contributed by atoms with Crippen LogP contribution in [0.1, 0.15) is 46.5 Å². The van der Waals surface area contributed by atoms with Crippen LogP contribution in [0.5, 0.6) is 0 Å². The normalized spacial score (nSPS) is 18.2. The number of nitrogens with one attached hydrogen (secondary N) is 1. The smallest absolute Gasteiger partial charge is 0.237 e. The maximum atomic E-state index is 11.6. The standard InChI is InChI=1S/C16H33N3O2/c1-13(2)18-16(3,15(17)20)8-5-9-19(4)10-11-21-12-14-6-7-14/h13-14,18H,5-12H2,1-4H3,(H2,17,20). The molecular weight excluding hydrogens is 266 g/mol. The quantitative estimate of drug-likeness (QED) is 0.534. The van der Waals surface area contributed by atoms with Crippen molar-refractivity contribution in [3.63, 3.8) is 0 Å². The largest absolute Gasteiger partial charge is 0.380 e. The lowest BCUT2D eigenvalue weighted by Crippen LogP contribution is -2.55. The first kappa shape index (κ1) is 18.4. The van der Waals surface area contributed by atoms with E-state index < -0.39 is 5.54 Å². The number of carbonyl (C=O) groups is 1. The van der Waals surface area contributed by atoms with Crippen LogP contribution in [0.2, 0.25) is 0 Å². The molecule has 1 atom stereocenters. The minimum atomic E-state index is -0.614. The number of amides is 1. The SMILES string of the molecule is CC(C)NC(C)(CCCN(C)CCOCC1CC1)C(N)=O. The summed E-state index contributed by atoms with van der Waals surface area (Å²) in [4.78, 5) is 13.9. The second kappa shape index (κ2) is 8.71. The Labute approximate surface area is 129 Å². The molecule has 1 amide bonds.